The van der Waals surface area contributed by atoms with Gasteiger partial charge in [-0.3, -0.25) is 4.79 Å². The van der Waals surface area contributed by atoms with Crippen molar-refractivity contribution in [3.8, 4) is 0 Å². The smallest absolute Gasteiger partial charge is 0.303 e. The van der Waals surface area contributed by atoms with E-state index in [0.29, 0.717) is 46.8 Å². The van der Waals surface area contributed by atoms with Crippen molar-refractivity contribution < 1.29 is 15.0 Å². The molecule has 0 amide bonds. The van der Waals surface area contributed by atoms with Gasteiger partial charge in [-0.2, -0.15) is 0 Å². The van der Waals surface area contributed by atoms with Crippen LogP contribution in [0.1, 0.15) is 91.4 Å². The van der Waals surface area contributed by atoms with Crippen LogP contribution in [-0.2, 0) is 4.79 Å². The van der Waals surface area contributed by atoms with Gasteiger partial charge in [-0.15, -0.1) is 0 Å². The van der Waals surface area contributed by atoms with Crippen LogP contribution < -0.4 is 0 Å². The minimum absolute atomic E-state index is 0.108. The van der Waals surface area contributed by atoms with Gasteiger partial charge in [-0.1, -0.05) is 33.6 Å². The van der Waals surface area contributed by atoms with Crippen LogP contribution >= 0.6 is 0 Å². The van der Waals surface area contributed by atoms with E-state index in [2.05, 4.69) is 20.8 Å². The Labute approximate surface area is 165 Å². The summed E-state index contributed by atoms with van der Waals surface area (Å²) in [4.78, 5) is 11.0. The van der Waals surface area contributed by atoms with Crippen LogP contribution in [0.4, 0.5) is 0 Å². The molecule has 0 saturated heterocycles. The maximum Gasteiger partial charge on any atom is 0.303 e. The largest absolute Gasteiger partial charge is 0.481 e. The molecule has 4 aliphatic rings. The number of carbonyl (C=O) groups is 1. The summed E-state index contributed by atoms with van der Waals surface area (Å²) in [6.45, 7) is 7.33. The van der Waals surface area contributed by atoms with E-state index >= 15 is 0 Å². The van der Waals surface area contributed by atoms with Crippen molar-refractivity contribution in [1.29, 1.82) is 0 Å². The van der Waals surface area contributed by atoms with Gasteiger partial charge in [0.15, 0.2) is 0 Å². The van der Waals surface area contributed by atoms with Crippen molar-refractivity contribution in [3.05, 3.63) is 0 Å². The third-order valence-electron chi connectivity index (χ3n) is 10.2. The van der Waals surface area contributed by atoms with Crippen molar-refractivity contribution in [2.45, 2.75) is 97.5 Å². The van der Waals surface area contributed by atoms with Gasteiger partial charge in [-0.05, 0) is 97.7 Å². The van der Waals surface area contributed by atoms with Crippen LogP contribution in [0.2, 0.25) is 0 Å². The monoisotopic (exact) mass is 376 g/mol. The zero-order chi connectivity index (χ0) is 19.4. The van der Waals surface area contributed by atoms with Crippen LogP contribution in [0.25, 0.3) is 0 Å². The highest BCUT2D eigenvalue weighted by Gasteiger charge is 2.62. The van der Waals surface area contributed by atoms with E-state index in [1.54, 1.807) is 0 Å². The summed E-state index contributed by atoms with van der Waals surface area (Å²) < 4.78 is 0. The van der Waals surface area contributed by atoms with E-state index in [4.69, 9.17) is 5.11 Å². The van der Waals surface area contributed by atoms with Crippen molar-refractivity contribution in [2.24, 2.45) is 46.3 Å². The van der Waals surface area contributed by atoms with Gasteiger partial charge < -0.3 is 10.2 Å². The average Bonchev–Trinajstić information content (AvgIpc) is 2.97. The number of rotatable bonds is 4. The molecule has 3 heteroatoms. The Morgan fingerprint density at radius 1 is 1.04 bits per heavy atom. The zero-order valence-corrected chi connectivity index (χ0v) is 17.6. The first kappa shape index (κ1) is 19.7. The molecule has 4 fully saturated rings. The van der Waals surface area contributed by atoms with Gasteiger partial charge in [0.2, 0.25) is 0 Å². The molecule has 27 heavy (non-hydrogen) atoms. The molecule has 154 valence electrons. The lowest BCUT2D eigenvalue weighted by molar-refractivity contribution is -0.164. The maximum atomic E-state index is 11.2. The molecule has 0 aliphatic heterocycles. The summed E-state index contributed by atoms with van der Waals surface area (Å²) in [7, 11) is 0. The zero-order valence-electron chi connectivity index (χ0n) is 17.6. The van der Waals surface area contributed by atoms with Gasteiger partial charge in [0.25, 0.3) is 0 Å². The predicted octanol–water partition coefficient (Wildman–Crippen LogP) is 5.51. The summed E-state index contributed by atoms with van der Waals surface area (Å²) in [5.41, 5.74) is 0.758. The quantitative estimate of drug-likeness (QED) is 0.680. The molecule has 0 heterocycles. The number of carboxylic acids is 1. The van der Waals surface area contributed by atoms with Gasteiger partial charge in [0.05, 0.1) is 6.10 Å². The minimum Gasteiger partial charge on any atom is -0.481 e. The van der Waals surface area contributed by atoms with Gasteiger partial charge in [-0.25, -0.2) is 0 Å². The average molecular weight is 377 g/mol. The summed E-state index contributed by atoms with van der Waals surface area (Å²) in [5, 5.41) is 20.3. The molecular weight excluding hydrogens is 336 g/mol. The maximum absolute atomic E-state index is 11.2. The topological polar surface area (TPSA) is 57.5 Å². The number of carboxylic acid groups (broad SMARTS) is 1. The molecule has 0 aromatic heterocycles. The summed E-state index contributed by atoms with van der Waals surface area (Å²) >= 11 is 0. The molecule has 0 spiro atoms. The van der Waals surface area contributed by atoms with E-state index in [9.17, 15) is 9.90 Å². The Morgan fingerprint density at radius 2 is 1.78 bits per heavy atom. The molecule has 4 rings (SSSR count). The molecule has 0 aromatic carbocycles. The molecule has 9 atom stereocenters. The summed E-state index contributed by atoms with van der Waals surface area (Å²) in [6, 6.07) is 0. The fourth-order valence-electron chi connectivity index (χ4n) is 8.78. The molecule has 2 N–H and O–H groups in total. The van der Waals surface area contributed by atoms with Crippen LogP contribution in [-0.4, -0.2) is 22.3 Å². The fourth-order valence-corrected chi connectivity index (χ4v) is 8.78. The first-order valence-electron chi connectivity index (χ1n) is 11.7. The van der Waals surface area contributed by atoms with Crippen LogP contribution in [0.15, 0.2) is 0 Å². The minimum atomic E-state index is -0.663. The molecule has 3 unspecified atom stereocenters. The lowest BCUT2D eigenvalue weighted by Gasteiger charge is -2.62. The standard InChI is InChI=1S/C24H40O3/c1-15(7-10-21(26)27)17-8-9-18-22-19(11-13-24(17,18)3)23(2)12-5-4-6-16(23)14-20(22)25/h15-20,22,25H,4-14H2,1-3H3,(H,26,27)/t15-,16+,17-,18?,19?,20+,22?,23+,24-/m1/s1. The van der Waals surface area contributed by atoms with Crippen molar-refractivity contribution in [2.75, 3.05) is 0 Å². The first-order chi connectivity index (χ1) is 12.8. The van der Waals surface area contributed by atoms with Crippen molar-refractivity contribution >= 4 is 5.97 Å². The van der Waals surface area contributed by atoms with Crippen LogP contribution in [0.3, 0.4) is 0 Å². The van der Waals surface area contributed by atoms with E-state index in [-0.39, 0.29) is 6.10 Å². The predicted molar refractivity (Wildman–Crippen MR) is 107 cm³/mol. The number of aliphatic hydroxyl groups is 1. The van der Waals surface area contributed by atoms with E-state index in [1.165, 1.54) is 51.4 Å². The molecule has 0 aromatic rings. The Kier molecular flexibility index (Phi) is 5.15. The normalized spacial score (nSPS) is 50.4. The molecule has 0 radical (unpaired) electrons. The molecular formula is C24H40O3. The Morgan fingerprint density at radius 3 is 2.52 bits per heavy atom. The second kappa shape index (κ2) is 7.04. The Balaban J connectivity index is 1.56. The number of hydrogen-bond acceptors (Lipinski definition) is 2. The second-order valence-electron chi connectivity index (χ2n) is 11.2. The molecule has 3 nitrogen and oxygen atoms in total. The van der Waals surface area contributed by atoms with Gasteiger partial charge >= 0.3 is 5.97 Å². The van der Waals surface area contributed by atoms with Crippen molar-refractivity contribution in [3.63, 3.8) is 0 Å². The fraction of sp³-hybridized carbons (Fsp3) is 0.958. The third-order valence-corrected chi connectivity index (χ3v) is 10.2. The lowest BCUT2D eigenvalue weighted by atomic mass is 9.44. The van der Waals surface area contributed by atoms with E-state index in [1.807, 2.05) is 0 Å². The first-order valence-corrected chi connectivity index (χ1v) is 11.7. The van der Waals surface area contributed by atoms with Gasteiger partial charge in [0, 0.05) is 6.42 Å². The molecule has 0 bridgehead atoms. The Hall–Kier alpha value is -0.570. The number of aliphatic hydroxyl groups excluding tert-OH is 1. The summed E-state index contributed by atoms with van der Waals surface area (Å²) in [6.07, 6.45) is 12.5. The molecule has 4 aliphatic carbocycles. The van der Waals surface area contributed by atoms with E-state index in [0.717, 1.165) is 18.8 Å². The number of fused-ring (bicyclic) bond motifs is 5. The molecule has 4 saturated carbocycles. The highest BCUT2D eigenvalue weighted by molar-refractivity contribution is 5.66. The summed E-state index contributed by atoms with van der Waals surface area (Å²) in [5.74, 6) is 3.02. The SMILES string of the molecule is C[C@H](CCC(=O)O)[C@H]1CCC2C3C(CC[C@@]21C)[C@@]1(C)CCCC[C@H]1C[C@@H]3O. The highest BCUT2D eigenvalue weighted by atomic mass is 16.4. The third kappa shape index (κ3) is 3.07. The highest BCUT2D eigenvalue weighted by Crippen LogP contribution is 2.68. The van der Waals surface area contributed by atoms with E-state index < -0.39 is 5.97 Å². The number of hydrogen-bond donors (Lipinski definition) is 2. The lowest BCUT2D eigenvalue weighted by Crippen LogP contribution is -2.57. The van der Waals surface area contributed by atoms with Crippen molar-refractivity contribution in [1.82, 2.24) is 0 Å². The van der Waals surface area contributed by atoms with Crippen LogP contribution in [0, 0.1) is 46.3 Å². The van der Waals surface area contributed by atoms with Gasteiger partial charge in [0.1, 0.15) is 0 Å². The Bertz CT molecular complexity index is 574. The number of aliphatic carboxylic acids is 1. The van der Waals surface area contributed by atoms with Crippen LogP contribution in [0.5, 0.6) is 0 Å². The second-order valence-corrected chi connectivity index (χ2v) is 11.2.